The Balaban J connectivity index is 1.85. The first-order valence-corrected chi connectivity index (χ1v) is 8.97. The van der Waals surface area contributed by atoms with Gasteiger partial charge in [-0.05, 0) is 50.5 Å². The quantitative estimate of drug-likeness (QED) is 0.842. The normalized spacial score (nSPS) is 17.2. The van der Waals surface area contributed by atoms with Crippen LogP contribution in [0.3, 0.4) is 0 Å². The van der Waals surface area contributed by atoms with Crippen molar-refractivity contribution in [2.75, 3.05) is 41.4 Å². The molecule has 2 aliphatic heterocycles. The fourth-order valence-corrected chi connectivity index (χ4v) is 3.66. The number of carbonyl (C=O) groups excluding carboxylic acids is 1. The Morgan fingerprint density at radius 1 is 1.08 bits per heavy atom. The molecule has 1 amide bonds. The lowest BCUT2D eigenvalue weighted by atomic mass is 10.1. The zero-order valence-corrected chi connectivity index (χ0v) is 14.8. The van der Waals surface area contributed by atoms with Crippen LogP contribution < -0.4 is 14.7 Å². The summed E-state index contributed by atoms with van der Waals surface area (Å²) in [7, 11) is 1.80. The van der Waals surface area contributed by atoms with Crippen molar-refractivity contribution < 1.29 is 4.79 Å². The zero-order chi connectivity index (χ0) is 17.4. The van der Waals surface area contributed by atoms with E-state index in [0.29, 0.717) is 17.9 Å². The molecule has 2 aliphatic rings. The second-order valence-electron chi connectivity index (χ2n) is 6.54. The summed E-state index contributed by atoms with van der Waals surface area (Å²) in [4.78, 5) is 28.4. The maximum absolute atomic E-state index is 12.9. The molecule has 0 radical (unpaired) electrons. The van der Waals surface area contributed by atoms with Gasteiger partial charge in [0.2, 0.25) is 0 Å². The smallest absolute Gasteiger partial charge is 0.261 e. The number of carbonyl (C=O) groups is 1. The molecule has 130 valence electrons. The lowest BCUT2D eigenvalue weighted by Crippen LogP contribution is -2.31. The van der Waals surface area contributed by atoms with Crippen molar-refractivity contribution in [2.24, 2.45) is 0 Å². The van der Waals surface area contributed by atoms with Crippen LogP contribution in [0.1, 0.15) is 36.5 Å². The highest BCUT2D eigenvalue weighted by Crippen LogP contribution is 2.38. The van der Waals surface area contributed by atoms with Crippen LogP contribution >= 0.6 is 0 Å². The maximum atomic E-state index is 12.9. The van der Waals surface area contributed by atoms with Gasteiger partial charge in [-0.15, -0.1) is 0 Å². The van der Waals surface area contributed by atoms with Gasteiger partial charge in [0, 0.05) is 32.9 Å². The number of aromatic nitrogens is 2. The summed E-state index contributed by atoms with van der Waals surface area (Å²) >= 11 is 0. The molecule has 2 aromatic rings. The number of nitrogens with zero attached hydrogens (tertiary/aromatic N) is 5. The first-order valence-electron chi connectivity index (χ1n) is 8.97. The van der Waals surface area contributed by atoms with Crippen molar-refractivity contribution in [3.05, 3.63) is 36.0 Å². The number of pyridine rings is 2. The summed E-state index contributed by atoms with van der Waals surface area (Å²) in [5.41, 5.74) is 1.44. The average molecular weight is 337 g/mol. The molecule has 4 rings (SSSR count). The third-order valence-electron chi connectivity index (χ3n) is 5.03. The monoisotopic (exact) mass is 337 g/mol. The molecule has 0 spiro atoms. The molecule has 0 aliphatic carbocycles. The molecule has 6 nitrogen and oxygen atoms in total. The summed E-state index contributed by atoms with van der Waals surface area (Å²) in [5, 5.41) is 0. The predicted octanol–water partition coefficient (Wildman–Crippen LogP) is 3.21. The molecule has 0 unspecified atom stereocenters. The van der Waals surface area contributed by atoms with Crippen molar-refractivity contribution in [1.82, 2.24) is 9.97 Å². The van der Waals surface area contributed by atoms with E-state index in [9.17, 15) is 4.79 Å². The summed E-state index contributed by atoms with van der Waals surface area (Å²) in [6.45, 7) is 4.85. The number of rotatable bonds is 2. The fraction of sp³-hybridized carbons (Fsp3) is 0.421. The van der Waals surface area contributed by atoms with Crippen molar-refractivity contribution in [3.63, 3.8) is 0 Å². The van der Waals surface area contributed by atoms with Crippen LogP contribution in [0.15, 0.2) is 30.5 Å². The Hall–Kier alpha value is -2.63. The van der Waals surface area contributed by atoms with E-state index in [1.165, 1.54) is 19.3 Å². The molecule has 0 saturated carbocycles. The standard InChI is InChI=1S/C19H23N5O/c1-3-24-17-14(8-7-11-20-17)19(25)22(2)15-9-10-16(21-18(15)24)23-12-5-4-6-13-23/h7-11H,3-6,12-13H2,1-2H3. The van der Waals surface area contributed by atoms with Crippen molar-refractivity contribution in [1.29, 1.82) is 0 Å². The maximum Gasteiger partial charge on any atom is 0.261 e. The highest BCUT2D eigenvalue weighted by atomic mass is 16.2. The number of hydrogen-bond acceptors (Lipinski definition) is 5. The van der Waals surface area contributed by atoms with Gasteiger partial charge in [0.25, 0.3) is 5.91 Å². The number of piperidine rings is 1. The Labute approximate surface area is 148 Å². The first kappa shape index (κ1) is 15.9. The molecule has 0 atom stereocenters. The second kappa shape index (κ2) is 6.35. The van der Waals surface area contributed by atoms with Crippen molar-refractivity contribution >= 4 is 29.0 Å². The van der Waals surface area contributed by atoms with Crippen LogP contribution in [0, 0.1) is 0 Å². The van der Waals surface area contributed by atoms with Gasteiger partial charge in [-0.1, -0.05) is 0 Å². The van der Waals surface area contributed by atoms with E-state index >= 15 is 0 Å². The van der Waals surface area contributed by atoms with Crippen LogP contribution in [0.5, 0.6) is 0 Å². The zero-order valence-electron chi connectivity index (χ0n) is 14.8. The third-order valence-corrected chi connectivity index (χ3v) is 5.03. The summed E-state index contributed by atoms with van der Waals surface area (Å²) in [5.74, 6) is 2.42. The fourth-order valence-electron chi connectivity index (χ4n) is 3.66. The minimum absolute atomic E-state index is 0.0483. The Bertz CT molecular complexity index is 800. The van der Waals surface area contributed by atoms with Crippen molar-refractivity contribution in [2.45, 2.75) is 26.2 Å². The van der Waals surface area contributed by atoms with Crippen LogP contribution in [-0.4, -0.2) is 42.6 Å². The van der Waals surface area contributed by atoms with Gasteiger partial charge in [-0.25, -0.2) is 9.97 Å². The minimum Gasteiger partial charge on any atom is -0.357 e. The molecule has 25 heavy (non-hydrogen) atoms. The second-order valence-corrected chi connectivity index (χ2v) is 6.54. The Morgan fingerprint density at radius 3 is 2.64 bits per heavy atom. The minimum atomic E-state index is -0.0483. The molecule has 6 heteroatoms. The molecule has 1 fully saturated rings. The van der Waals surface area contributed by atoms with Gasteiger partial charge < -0.3 is 14.7 Å². The largest absolute Gasteiger partial charge is 0.357 e. The number of hydrogen-bond donors (Lipinski definition) is 0. The van der Waals surface area contributed by atoms with Gasteiger partial charge in [0.05, 0.1) is 11.3 Å². The van der Waals surface area contributed by atoms with E-state index in [-0.39, 0.29) is 5.91 Å². The summed E-state index contributed by atoms with van der Waals surface area (Å²) in [6.07, 6.45) is 5.43. The molecule has 4 heterocycles. The van der Waals surface area contributed by atoms with Crippen molar-refractivity contribution in [3.8, 4) is 0 Å². The molecule has 1 saturated heterocycles. The SMILES string of the molecule is CCN1c2ncccc2C(=O)N(C)c2ccc(N3CCCCC3)nc21. The molecular formula is C19H23N5O. The van der Waals surface area contributed by atoms with Gasteiger partial charge in [0.1, 0.15) is 11.6 Å². The van der Waals surface area contributed by atoms with E-state index in [2.05, 4.69) is 16.8 Å². The van der Waals surface area contributed by atoms with Crippen LogP contribution in [0.25, 0.3) is 0 Å². The molecule has 0 aromatic carbocycles. The van der Waals surface area contributed by atoms with Gasteiger partial charge in [-0.3, -0.25) is 4.79 Å². The van der Waals surface area contributed by atoms with E-state index in [1.54, 1.807) is 24.2 Å². The van der Waals surface area contributed by atoms with E-state index < -0.39 is 0 Å². The van der Waals surface area contributed by atoms with Crippen LogP contribution in [0.4, 0.5) is 23.1 Å². The topological polar surface area (TPSA) is 52.6 Å². The highest BCUT2D eigenvalue weighted by molar-refractivity contribution is 6.12. The average Bonchev–Trinajstić information content (AvgIpc) is 2.76. The molecular weight excluding hydrogens is 314 g/mol. The first-order chi connectivity index (χ1) is 12.2. The Kier molecular flexibility index (Phi) is 4.03. The number of amides is 1. The Morgan fingerprint density at radius 2 is 1.88 bits per heavy atom. The van der Waals surface area contributed by atoms with Gasteiger partial charge in [-0.2, -0.15) is 0 Å². The summed E-state index contributed by atoms with van der Waals surface area (Å²) < 4.78 is 0. The van der Waals surface area contributed by atoms with Gasteiger partial charge >= 0.3 is 0 Å². The third kappa shape index (κ3) is 2.62. The van der Waals surface area contributed by atoms with Gasteiger partial charge in [0.15, 0.2) is 5.82 Å². The van der Waals surface area contributed by atoms with E-state index in [1.807, 2.05) is 23.1 Å². The number of anilines is 4. The van der Waals surface area contributed by atoms with E-state index in [4.69, 9.17) is 4.98 Å². The molecule has 0 N–H and O–H groups in total. The lowest BCUT2D eigenvalue weighted by molar-refractivity contribution is 0.0994. The van der Waals surface area contributed by atoms with E-state index in [0.717, 1.165) is 30.4 Å². The lowest BCUT2D eigenvalue weighted by Gasteiger charge is -2.30. The van der Waals surface area contributed by atoms with Crippen LogP contribution in [0.2, 0.25) is 0 Å². The highest BCUT2D eigenvalue weighted by Gasteiger charge is 2.30. The number of fused-ring (bicyclic) bond motifs is 2. The molecule has 0 bridgehead atoms. The van der Waals surface area contributed by atoms with Crippen LogP contribution in [-0.2, 0) is 0 Å². The predicted molar refractivity (Wildman–Crippen MR) is 100.0 cm³/mol. The summed E-state index contributed by atoms with van der Waals surface area (Å²) in [6, 6.07) is 7.69. The molecule has 2 aromatic heterocycles.